The molecule has 1 aliphatic heterocycles. The van der Waals surface area contributed by atoms with Gasteiger partial charge in [0.2, 0.25) is 5.91 Å². The van der Waals surface area contributed by atoms with Gasteiger partial charge in [0.05, 0.1) is 11.6 Å². The van der Waals surface area contributed by atoms with Gasteiger partial charge in [-0.2, -0.15) is 0 Å². The van der Waals surface area contributed by atoms with Crippen molar-refractivity contribution in [3.8, 4) is 11.1 Å². The lowest BCUT2D eigenvalue weighted by atomic mass is 9.80. The molecule has 1 heterocycles. The van der Waals surface area contributed by atoms with Crippen LogP contribution in [0.4, 0.5) is 9.18 Å². The van der Waals surface area contributed by atoms with E-state index in [9.17, 15) is 14.0 Å². The van der Waals surface area contributed by atoms with Crippen molar-refractivity contribution in [3.05, 3.63) is 95.8 Å². The van der Waals surface area contributed by atoms with Crippen LogP contribution in [0.25, 0.3) is 11.1 Å². The second-order valence-corrected chi connectivity index (χ2v) is 8.59. The Balaban J connectivity index is 1.51. The molecule has 0 saturated carbocycles. The summed E-state index contributed by atoms with van der Waals surface area (Å²) in [5.74, 6) is -0.640. The Bertz CT molecular complexity index is 1120. The Morgan fingerprint density at radius 2 is 1.64 bits per heavy atom. The van der Waals surface area contributed by atoms with Gasteiger partial charge in [-0.15, -0.1) is 0 Å². The molecule has 2 atom stereocenters. The third-order valence-corrected chi connectivity index (χ3v) is 6.55. The van der Waals surface area contributed by atoms with Crippen LogP contribution in [0.1, 0.15) is 43.4 Å². The lowest BCUT2D eigenvalue weighted by Crippen LogP contribution is -2.58. The standard InChI is InChI=1S/C27H28FN3O2/c1-19(20-7-9-21(10-8-20)22-11-13-24(28)14-12-22)31-18-17-27(30-26(31)33,16-15-25(29)32)23-5-3-2-4-6-23/h2-14,19H,15-18H2,1H3,(H2,29,32)(H,30,33). The lowest BCUT2D eigenvalue weighted by Gasteiger charge is -2.45. The van der Waals surface area contributed by atoms with Crippen molar-refractivity contribution < 1.29 is 14.0 Å². The molecule has 4 rings (SSSR count). The molecule has 0 aliphatic carbocycles. The van der Waals surface area contributed by atoms with E-state index >= 15 is 0 Å². The van der Waals surface area contributed by atoms with E-state index in [1.165, 1.54) is 12.1 Å². The number of halogens is 1. The van der Waals surface area contributed by atoms with Crippen molar-refractivity contribution in [2.24, 2.45) is 5.73 Å². The average Bonchev–Trinajstić information content (AvgIpc) is 2.83. The summed E-state index contributed by atoms with van der Waals surface area (Å²) in [5.41, 5.74) is 8.72. The van der Waals surface area contributed by atoms with Crippen molar-refractivity contribution in [1.82, 2.24) is 10.2 Å². The minimum Gasteiger partial charge on any atom is -0.370 e. The Morgan fingerprint density at radius 1 is 1.03 bits per heavy atom. The van der Waals surface area contributed by atoms with Crippen LogP contribution in [0, 0.1) is 5.82 Å². The van der Waals surface area contributed by atoms with Crippen molar-refractivity contribution in [2.45, 2.75) is 37.8 Å². The quantitative estimate of drug-likeness (QED) is 0.529. The van der Waals surface area contributed by atoms with E-state index in [0.29, 0.717) is 19.4 Å². The summed E-state index contributed by atoms with van der Waals surface area (Å²) in [6.45, 7) is 2.56. The number of hydrogen-bond acceptors (Lipinski definition) is 2. The van der Waals surface area contributed by atoms with Gasteiger partial charge in [-0.05, 0) is 54.2 Å². The molecule has 1 aliphatic rings. The summed E-state index contributed by atoms with van der Waals surface area (Å²) in [6, 6.07) is 23.8. The number of rotatable bonds is 7. The number of carbonyl (C=O) groups is 2. The number of hydrogen-bond donors (Lipinski definition) is 2. The maximum absolute atomic E-state index is 13.2. The van der Waals surface area contributed by atoms with E-state index in [1.807, 2.05) is 66.4 Å². The highest BCUT2D eigenvalue weighted by molar-refractivity contribution is 5.78. The number of primary amides is 1. The first-order valence-corrected chi connectivity index (χ1v) is 11.2. The molecule has 1 saturated heterocycles. The fourth-order valence-electron chi connectivity index (χ4n) is 4.54. The second-order valence-electron chi connectivity index (χ2n) is 8.59. The highest BCUT2D eigenvalue weighted by Crippen LogP contribution is 2.36. The van der Waals surface area contributed by atoms with Crippen LogP contribution >= 0.6 is 0 Å². The maximum atomic E-state index is 13.2. The van der Waals surface area contributed by atoms with Crippen LogP contribution in [-0.2, 0) is 10.3 Å². The molecule has 3 aromatic carbocycles. The number of nitrogens with one attached hydrogen (secondary N) is 1. The van der Waals surface area contributed by atoms with Gasteiger partial charge in [0.15, 0.2) is 0 Å². The Hall–Kier alpha value is -3.67. The smallest absolute Gasteiger partial charge is 0.318 e. The third kappa shape index (κ3) is 4.90. The van der Waals surface area contributed by atoms with Crippen LogP contribution < -0.4 is 11.1 Å². The Morgan fingerprint density at radius 3 is 2.21 bits per heavy atom. The van der Waals surface area contributed by atoms with Crippen LogP contribution in [0.3, 0.4) is 0 Å². The van der Waals surface area contributed by atoms with Crippen LogP contribution in [0.15, 0.2) is 78.9 Å². The van der Waals surface area contributed by atoms with E-state index in [0.717, 1.165) is 22.3 Å². The van der Waals surface area contributed by atoms with Gasteiger partial charge in [-0.25, -0.2) is 9.18 Å². The minimum atomic E-state index is -0.615. The topological polar surface area (TPSA) is 75.4 Å². The molecule has 6 heteroatoms. The van der Waals surface area contributed by atoms with Gasteiger partial charge in [-0.3, -0.25) is 4.79 Å². The van der Waals surface area contributed by atoms with Gasteiger partial charge in [0.25, 0.3) is 0 Å². The van der Waals surface area contributed by atoms with E-state index < -0.39 is 5.54 Å². The first kappa shape index (κ1) is 22.5. The largest absolute Gasteiger partial charge is 0.370 e. The molecule has 1 fully saturated rings. The van der Waals surface area contributed by atoms with E-state index in [2.05, 4.69) is 5.32 Å². The zero-order chi connectivity index (χ0) is 23.4. The molecule has 0 radical (unpaired) electrons. The van der Waals surface area contributed by atoms with E-state index in [-0.39, 0.29) is 30.2 Å². The second kappa shape index (κ2) is 9.45. The zero-order valence-corrected chi connectivity index (χ0v) is 18.6. The monoisotopic (exact) mass is 445 g/mol. The zero-order valence-electron chi connectivity index (χ0n) is 18.6. The van der Waals surface area contributed by atoms with Crippen molar-refractivity contribution in [1.29, 1.82) is 0 Å². The predicted octanol–water partition coefficient (Wildman–Crippen LogP) is 5.13. The number of urea groups is 1. The van der Waals surface area contributed by atoms with Crippen LogP contribution in [0.5, 0.6) is 0 Å². The molecule has 33 heavy (non-hydrogen) atoms. The summed E-state index contributed by atoms with van der Waals surface area (Å²) in [7, 11) is 0. The number of nitrogens with two attached hydrogens (primary N) is 1. The van der Waals surface area contributed by atoms with Gasteiger partial charge in [-0.1, -0.05) is 66.7 Å². The Kier molecular flexibility index (Phi) is 6.45. The van der Waals surface area contributed by atoms with Crippen LogP contribution in [0.2, 0.25) is 0 Å². The van der Waals surface area contributed by atoms with Gasteiger partial charge < -0.3 is 16.0 Å². The average molecular weight is 446 g/mol. The summed E-state index contributed by atoms with van der Waals surface area (Å²) >= 11 is 0. The predicted molar refractivity (Wildman–Crippen MR) is 127 cm³/mol. The van der Waals surface area contributed by atoms with E-state index in [1.54, 1.807) is 12.1 Å². The van der Waals surface area contributed by atoms with Crippen molar-refractivity contribution in [3.63, 3.8) is 0 Å². The summed E-state index contributed by atoms with van der Waals surface area (Å²) in [5, 5.41) is 3.19. The minimum absolute atomic E-state index is 0.128. The molecule has 0 spiro atoms. The fourth-order valence-corrected chi connectivity index (χ4v) is 4.54. The highest BCUT2D eigenvalue weighted by Gasteiger charge is 2.41. The maximum Gasteiger partial charge on any atom is 0.318 e. The Labute approximate surface area is 193 Å². The molecule has 0 bridgehead atoms. The SMILES string of the molecule is CC(c1ccc(-c2ccc(F)cc2)cc1)N1CCC(CCC(N)=O)(c2ccccc2)NC1=O. The van der Waals surface area contributed by atoms with Gasteiger partial charge in [0.1, 0.15) is 5.82 Å². The van der Waals surface area contributed by atoms with Gasteiger partial charge in [0, 0.05) is 13.0 Å². The highest BCUT2D eigenvalue weighted by atomic mass is 19.1. The molecule has 3 N–H and O–H groups in total. The molecule has 2 unspecified atom stereocenters. The van der Waals surface area contributed by atoms with Crippen molar-refractivity contribution in [2.75, 3.05) is 6.54 Å². The molecule has 3 amide bonds. The number of nitrogens with zero attached hydrogens (tertiary/aromatic N) is 1. The molecule has 5 nitrogen and oxygen atoms in total. The molecular weight excluding hydrogens is 417 g/mol. The number of carbonyl (C=O) groups excluding carboxylic acids is 2. The summed E-state index contributed by atoms with van der Waals surface area (Å²) in [4.78, 5) is 26.5. The third-order valence-electron chi connectivity index (χ3n) is 6.55. The summed E-state index contributed by atoms with van der Waals surface area (Å²) in [6.07, 6.45) is 1.34. The normalized spacial score (nSPS) is 19.1. The van der Waals surface area contributed by atoms with E-state index in [4.69, 9.17) is 5.73 Å². The molecule has 3 aromatic rings. The first-order valence-electron chi connectivity index (χ1n) is 11.2. The van der Waals surface area contributed by atoms with Gasteiger partial charge >= 0.3 is 6.03 Å². The number of amides is 3. The first-order chi connectivity index (χ1) is 15.9. The summed E-state index contributed by atoms with van der Waals surface area (Å²) < 4.78 is 13.2. The van der Waals surface area contributed by atoms with Crippen molar-refractivity contribution >= 4 is 11.9 Å². The molecule has 0 aromatic heterocycles. The number of benzene rings is 3. The fraction of sp³-hybridized carbons (Fsp3) is 0.259. The lowest BCUT2D eigenvalue weighted by molar-refractivity contribution is -0.118. The molecule has 170 valence electrons. The molecular formula is C27H28FN3O2. The van der Waals surface area contributed by atoms with Crippen LogP contribution in [-0.4, -0.2) is 23.4 Å².